The van der Waals surface area contributed by atoms with Gasteiger partial charge in [0.1, 0.15) is 0 Å². The van der Waals surface area contributed by atoms with Crippen molar-refractivity contribution in [2.24, 2.45) is 0 Å². The maximum Gasteiger partial charge on any atom is 1.00 e. The van der Waals surface area contributed by atoms with Gasteiger partial charge in [-0.3, -0.25) is 4.21 Å². The molecule has 0 amide bonds. The molecule has 0 aliphatic heterocycles. The van der Waals surface area contributed by atoms with E-state index in [-0.39, 0.29) is 29.6 Å². The van der Waals surface area contributed by atoms with Crippen LogP contribution in [0.25, 0.3) is 0 Å². The van der Waals surface area contributed by atoms with Crippen molar-refractivity contribution in [3.05, 3.63) is 0 Å². The van der Waals surface area contributed by atoms with Crippen molar-refractivity contribution in [1.82, 2.24) is 0 Å². The van der Waals surface area contributed by atoms with E-state index in [9.17, 15) is 8.76 Å². The Bertz CT molecular complexity index is 135. The molecule has 0 spiro atoms. The summed E-state index contributed by atoms with van der Waals surface area (Å²) in [5.74, 6) is 0. The van der Waals surface area contributed by atoms with E-state index < -0.39 is 15.8 Å². The fraction of sp³-hybridized carbons (Fsp3) is 1.00. The maximum absolute atomic E-state index is 10.4. The fourth-order valence-electron chi connectivity index (χ4n) is 0.762. The van der Waals surface area contributed by atoms with Crippen LogP contribution in [0.4, 0.5) is 0 Å². The summed E-state index contributed by atoms with van der Waals surface area (Å²) in [6, 6.07) is 0. The van der Waals surface area contributed by atoms with Gasteiger partial charge >= 0.3 is 29.6 Å². The number of rotatable bonds is 3. The quantitative estimate of drug-likeness (QED) is 0.338. The third-order valence-electron chi connectivity index (χ3n) is 1.57. The molecule has 54 valence electrons. The van der Waals surface area contributed by atoms with E-state index in [0.717, 1.165) is 12.8 Å². The van der Waals surface area contributed by atoms with E-state index in [1.807, 2.05) is 0 Å². The van der Waals surface area contributed by atoms with E-state index in [1.165, 1.54) is 7.11 Å². The largest absolute Gasteiger partial charge is 1.00 e. The summed E-state index contributed by atoms with van der Waals surface area (Å²) in [4.78, 5) is 0. The summed E-state index contributed by atoms with van der Waals surface area (Å²) in [7, 11) is 1.52. The summed E-state index contributed by atoms with van der Waals surface area (Å²) in [6.07, 6.45) is 1.52. The van der Waals surface area contributed by atoms with Crippen molar-refractivity contribution in [3.63, 3.8) is 0 Å². The van der Waals surface area contributed by atoms with Crippen LogP contribution in [-0.2, 0) is 15.8 Å². The Hall–Kier alpha value is 1.07. The van der Waals surface area contributed by atoms with Crippen LogP contribution >= 0.6 is 0 Å². The molecule has 3 nitrogen and oxygen atoms in total. The molecule has 1 atom stereocenters. The van der Waals surface area contributed by atoms with Gasteiger partial charge in [0.25, 0.3) is 0 Å². The molecule has 1 rings (SSSR count). The Morgan fingerprint density at radius 1 is 1.70 bits per heavy atom. The molecule has 0 aromatic heterocycles. The number of methoxy groups -OCH3 is 1. The van der Waals surface area contributed by atoms with Gasteiger partial charge in [-0.05, 0) is 23.9 Å². The molecule has 0 aromatic rings. The van der Waals surface area contributed by atoms with Gasteiger partial charge in [-0.1, -0.05) is 0 Å². The third kappa shape index (κ3) is 2.29. The summed E-state index contributed by atoms with van der Waals surface area (Å²) in [5.41, 5.74) is 0. The first-order valence-electron chi connectivity index (χ1n) is 2.80. The van der Waals surface area contributed by atoms with Crippen LogP contribution in [0, 0.1) is 0 Å². The van der Waals surface area contributed by atoms with E-state index >= 15 is 0 Å². The molecule has 1 aliphatic carbocycles. The van der Waals surface area contributed by atoms with Gasteiger partial charge in [0.15, 0.2) is 0 Å². The third-order valence-corrected chi connectivity index (χ3v) is 2.80. The number of hydrogen-bond donors (Lipinski definition) is 0. The van der Waals surface area contributed by atoms with Crippen LogP contribution < -0.4 is 29.6 Å². The molecule has 0 radical (unpaired) electrons. The Balaban J connectivity index is 0.000000810. The van der Waals surface area contributed by atoms with Gasteiger partial charge in [0.05, 0.1) is 11.4 Å². The molecular formula is C5H9NaO3S. The van der Waals surface area contributed by atoms with Crippen LogP contribution in [-0.4, -0.2) is 27.2 Å². The molecule has 0 N–H and O–H groups in total. The van der Waals surface area contributed by atoms with Crippen LogP contribution in [0.3, 0.4) is 0 Å². The van der Waals surface area contributed by atoms with Crippen molar-refractivity contribution in [3.8, 4) is 0 Å². The summed E-state index contributed by atoms with van der Waals surface area (Å²) < 4.78 is 25.0. The Kier molecular flexibility index (Phi) is 4.63. The minimum Gasteiger partial charge on any atom is -0.772 e. The van der Waals surface area contributed by atoms with Gasteiger partial charge in [-0.25, -0.2) is 0 Å². The Morgan fingerprint density at radius 2 is 2.20 bits per heavy atom. The van der Waals surface area contributed by atoms with Crippen LogP contribution in [0.1, 0.15) is 12.8 Å². The van der Waals surface area contributed by atoms with E-state index in [0.29, 0.717) is 6.61 Å². The van der Waals surface area contributed by atoms with Crippen LogP contribution in [0.5, 0.6) is 0 Å². The molecule has 5 heteroatoms. The second-order valence-corrected chi connectivity index (χ2v) is 3.69. The van der Waals surface area contributed by atoms with E-state index in [1.54, 1.807) is 0 Å². The van der Waals surface area contributed by atoms with Gasteiger partial charge in [0, 0.05) is 7.11 Å². The SMILES string of the molecule is COCC1(S(=O)[O-])CC1.[Na+]. The summed E-state index contributed by atoms with van der Waals surface area (Å²) in [5, 5.41) is 0. The van der Waals surface area contributed by atoms with Crippen LogP contribution in [0.15, 0.2) is 0 Å². The zero-order valence-corrected chi connectivity index (χ0v) is 9.07. The van der Waals surface area contributed by atoms with E-state index in [4.69, 9.17) is 4.74 Å². The zero-order valence-electron chi connectivity index (χ0n) is 6.25. The fourth-order valence-corrected chi connectivity index (χ4v) is 1.41. The predicted octanol–water partition coefficient (Wildman–Crippen LogP) is -2.95. The van der Waals surface area contributed by atoms with Crippen molar-refractivity contribution in [1.29, 1.82) is 0 Å². The molecular weight excluding hydrogens is 163 g/mol. The first-order chi connectivity index (χ1) is 4.21. The van der Waals surface area contributed by atoms with Gasteiger partial charge in [-0.2, -0.15) is 0 Å². The van der Waals surface area contributed by atoms with Crippen molar-refractivity contribution >= 4 is 11.1 Å². The zero-order chi connectivity index (χ0) is 6.91. The van der Waals surface area contributed by atoms with E-state index in [2.05, 4.69) is 0 Å². The second kappa shape index (κ2) is 4.18. The van der Waals surface area contributed by atoms with Crippen molar-refractivity contribution in [2.75, 3.05) is 13.7 Å². The molecule has 10 heavy (non-hydrogen) atoms. The van der Waals surface area contributed by atoms with Gasteiger partial charge < -0.3 is 9.29 Å². The Morgan fingerprint density at radius 3 is 2.30 bits per heavy atom. The molecule has 0 aromatic carbocycles. The minimum atomic E-state index is -1.94. The predicted molar refractivity (Wildman–Crippen MR) is 32.8 cm³/mol. The molecule has 1 saturated carbocycles. The average Bonchev–Trinajstić information content (AvgIpc) is 2.49. The van der Waals surface area contributed by atoms with Crippen molar-refractivity contribution < 1.29 is 43.1 Å². The smallest absolute Gasteiger partial charge is 0.772 e. The first kappa shape index (κ1) is 11.1. The molecule has 0 saturated heterocycles. The summed E-state index contributed by atoms with van der Waals surface area (Å²) in [6.45, 7) is 0.350. The maximum atomic E-state index is 10.4. The van der Waals surface area contributed by atoms with Gasteiger partial charge in [0.2, 0.25) is 0 Å². The summed E-state index contributed by atoms with van der Waals surface area (Å²) >= 11 is -1.94. The number of hydrogen-bond acceptors (Lipinski definition) is 3. The molecule has 1 unspecified atom stereocenters. The molecule has 0 heterocycles. The van der Waals surface area contributed by atoms with Crippen LogP contribution in [0.2, 0.25) is 0 Å². The second-order valence-electron chi connectivity index (χ2n) is 2.35. The standard InChI is InChI=1S/C5H10O3S.Na/c1-8-4-5(2-3-5)9(6)7;/h2-4H2,1H3,(H,6,7);/q;+1/p-1. The monoisotopic (exact) mass is 172 g/mol. The normalized spacial score (nSPS) is 23.0. The molecule has 1 fully saturated rings. The molecule has 1 aliphatic rings. The minimum absolute atomic E-state index is 0. The first-order valence-corrected chi connectivity index (χ1v) is 3.87. The Labute approximate surface area is 85.1 Å². The van der Waals surface area contributed by atoms with Crippen molar-refractivity contribution in [2.45, 2.75) is 17.6 Å². The average molecular weight is 172 g/mol. The van der Waals surface area contributed by atoms with Gasteiger partial charge in [-0.15, -0.1) is 0 Å². The topological polar surface area (TPSA) is 49.4 Å². The molecule has 0 bridgehead atoms. The number of ether oxygens (including phenoxy) is 1.